The molecule has 0 fully saturated rings. The zero-order chi connectivity index (χ0) is 20.1. The minimum atomic E-state index is -0.0979. The summed E-state index contributed by atoms with van der Waals surface area (Å²) in [6.07, 6.45) is 3.23. The molecule has 0 bridgehead atoms. The average molecular weight is 396 g/mol. The van der Waals surface area contributed by atoms with E-state index < -0.39 is 0 Å². The normalized spacial score (nSPS) is 10.4. The molecule has 144 valence electrons. The summed E-state index contributed by atoms with van der Waals surface area (Å²) in [5, 5.41) is 3.89. The van der Waals surface area contributed by atoms with Crippen molar-refractivity contribution < 1.29 is 9.53 Å². The first-order valence-corrected chi connectivity index (χ1v) is 9.21. The van der Waals surface area contributed by atoms with Gasteiger partial charge in [-0.1, -0.05) is 41.9 Å². The Morgan fingerprint density at radius 3 is 2.64 bits per heavy atom. The minimum Gasteiger partial charge on any atom is -0.495 e. The summed E-state index contributed by atoms with van der Waals surface area (Å²) in [7, 11) is 3.37. The fraction of sp³-hybridized carbons (Fsp3) is 0.182. The van der Waals surface area contributed by atoms with Gasteiger partial charge in [0.25, 0.3) is 5.91 Å². The smallest absolute Gasteiger partial charge is 0.255 e. The Bertz CT molecular complexity index is 977. The predicted octanol–water partition coefficient (Wildman–Crippen LogP) is 5.07. The van der Waals surface area contributed by atoms with Crippen LogP contribution in [0.2, 0.25) is 5.02 Å². The molecule has 0 spiro atoms. The molecule has 0 aliphatic carbocycles. The number of aryl methyl sites for hydroxylation is 1. The van der Waals surface area contributed by atoms with Crippen molar-refractivity contribution in [2.45, 2.75) is 13.5 Å². The Morgan fingerprint density at radius 1 is 1.18 bits per heavy atom. The van der Waals surface area contributed by atoms with Crippen LogP contribution < -0.4 is 10.1 Å². The lowest BCUT2D eigenvalue weighted by Gasteiger charge is -2.18. The summed E-state index contributed by atoms with van der Waals surface area (Å²) in [5.41, 5.74) is 3.95. The molecule has 2 aromatic carbocycles. The molecule has 0 aliphatic heterocycles. The van der Waals surface area contributed by atoms with E-state index in [0.29, 0.717) is 28.6 Å². The first-order valence-electron chi connectivity index (χ1n) is 8.83. The number of amides is 1. The fourth-order valence-corrected chi connectivity index (χ4v) is 3.01. The maximum absolute atomic E-state index is 12.8. The van der Waals surface area contributed by atoms with E-state index in [9.17, 15) is 4.79 Å². The maximum Gasteiger partial charge on any atom is 0.255 e. The van der Waals surface area contributed by atoms with Gasteiger partial charge in [-0.2, -0.15) is 0 Å². The number of rotatable bonds is 6. The molecule has 1 amide bonds. The number of benzene rings is 2. The van der Waals surface area contributed by atoms with Gasteiger partial charge in [0.1, 0.15) is 5.75 Å². The van der Waals surface area contributed by atoms with Gasteiger partial charge in [0.2, 0.25) is 0 Å². The second-order valence-electron chi connectivity index (χ2n) is 6.54. The van der Waals surface area contributed by atoms with Crippen LogP contribution in [0, 0.1) is 6.92 Å². The van der Waals surface area contributed by atoms with E-state index in [2.05, 4.69) is 10.3 Å². The molecule has 0 saturated carbocycles. The quantitative estimate of drug-likeness (QED) is 0.633. The van der Waals surface area contributed by atoms with Gasteiger partial charge in [-0.25, -0.2) is 0 Å². The number of anilines is 2. The summed E-state index contributed by atoms with van der Waals surface area (Å²) in [5.74, 6) is 0.521. The number of methoxy groups -OCH3 is 1. The number of pyridine rings is 1. The van der Waals surface area contributed by atoms with Crippen LogP contribution in [0.25, 0.3) is 0 Å². The Balaban J connectivity index is 1.79. The minimum absolute atomic E-state index is 0.0979. The molecule has 28 heavy (non-hydrogen) atoms. The van der Waals surface area contributed by atoms with Crippen molar-refractivity contribution in [3.8, 4) is 5.75 Å². The van der Waals surface area contributed by atoms with Crippen molar-refractivity contribution in [1.29, 1.82) is 0 Å². The molecular formula is C22H22ClN3O2. The SMILES string of the molecule is COc1cc(Cl)c(C)cc1Nc1cncc(C(=O)N(C)Cc2ccccc2)c1. The number of hydrogen-bond acceptors (Lipinski definition) is 4. The molecule has 0 radical (unpaired) electrons. The highest BCUT2D eigenvalue weighted by Gasteiger charge is 2.14. The number of carbonyl (C=O) groups excluding carboxylic acids is 1. The van der Waals surface area contributed by atoms with Crippen LogP contribution in [0.15, 0.2) is 60.9 Å². The lowest BCUT2D eigenvalue weighted by molar-refractivity contribution is 0.0784. The van der Waals surface area contributed by atoms with Gasteiger partial charge < -0.3 is 15.0 Å². The van der Waals surface area contributed by atoms with Crippen LogP contribution in [0.5, 0.6) is 5.75 Å². The van der Waals surface area contributed by atoms with Crippen molar-refractivity contribution in [3.05, 3.63) is 82.6 Å². The number of hydrogen-bond donors (Lipinski definition) is 1. The molecule has 0 unspecified atom stereocenters. The summed E-state index contributed by atoms with van der Waals surface area (Å²) in [6.45, 7) is 2.45. The first kappa shape index (κ1) is 19.7. The number of nitrogens with one attached hydrogen (secondary N) is 1. The van der Waals surface area contributed by atoms with Gasteiger partial charge in [-0.05, 0) is 30.2 Å². The second-order valence-corrected chi connectivity index (χ2v) is 6.94. The van der Waals surface area contributed by atoms with Crippen LogP contribution in [0.3, 0.4) is 0 Å². The molecule has 5 nitrogen and oxygen atoms in total. The number of carbonyl (C=O) groups is 1. The van der Waals surface area contributed by atoms with E-state index in [1.807, 2.05) is 43.3 Å². The fourth-order valence-electron chi connectivity index (χ4n) is 2.86. The summed E-state index contributed by atoms with van der Waals surface area (Å²) in [4.78, 5) is 18.7. The molecule has 1 aromatic heterocycles. The van der Waals surface area contributed by atoms with Gasteiger partial charge in [-0.15, -0.1) is 0 Å². The number of aromatic nitrogens is 1. The van der Waals surface area contributed by atoms with Crippen molar-refractivity contribution in [2.24, 2.45) is 0 Å². The van der Waals surface area contributed by atoms with Crippen molar-refractivity contribution in [3.63, 3.8) is 0 Å². The van der Waals surface area contributed by atoms with E-state index in [1.165, 1.54) is 0 Å². The second kappa shape index (κ2) is 8.76. The molecule has 3 rings (SSSR count). The van der Waals surface area contributed by atoms with E-state index in [0.717, 1.165) is 16.8 Å². The predicted molar refractivity (Wildman–Crippen MR) is 113 cm³/mol. The van der Waals surface area contributed by atoms with Crippen molar-refractivity contribution >= 4 is 28.9 Å². The lowest BCUT2D eigenvalue weighted by Crippen LogP contribution is -2.26. The monoisotopic (exact) mass is 395 g/mol. The third kappa shape index (κ3) is 4.61. The van der Waals surface area contributed by atoms with Gasteiger partial charge in [0.15, 0.2) is 0 Å². The Kier molecular flexibility index (Phi) is 6.16. The Labute approximate surface area is 169 Å². The zero-order valence-corrected chi connectivity index (χ0v) is 16.8. The summed E-state index contributed by atoms with van der Waals surface area (Å²) >= 11 is 6.17. The summed E-state index contributed by atoms with van der Waals surface area (Å²) < 4.78 is 5.39. The molecule has 0 atom stereocenters. The van der Waals surface area contributed by atoms with Crippen LogP contribution in [0.1, 0.15) is 21.5 Å². The van der Waals surface area contributed by atoms with Gasteiger partial charge in [0.05, 0.1) is 30.2 Å². The molecule has 1 heterocycles. The average Bonchev–Trinajstić information content (AvgIpc) is 2.71. The van der Waals surface area contributed by atoms with Crippen LogP contribution in [-0.2, 0) is 6.54 Å². The first-order chi connectivity index (χ1) is 13.5. The third-order valence-electron chi connectivity index (χ3n) is 4.35. The van der Waals surface area contributed by atoms with E-state index >= 15 is 0 Å². The number of ether oxygens (including phenoxy) is 1. The Hall–Kier alpha value is -3.05. The van der Waals surface area contributed by atoms with Crippen LogP contribution >= 0.6 is 11.6 Å². The standard InChI is InChI=1S/C22H22ClN3O2/c1-15-9-20(21(28-3)11-19(15)23)25-18-10-17(12-24-13-18)22(27)26(2)14-16-7-5-4-6-8-16/h4-13,25H,14H2,1-3H3. The molecule has 0 aliphatic rings. The van der Waals surface area contributed by atoms with Crippen LogP contribution in [-0.4, -0.2) is 29.9 Å². The van der Waals surface area contributed by atoms with Crippen LogP contribution in [0.4, 0.5) is 11.4 Å². The van der Waals surface area contributed by atoms with Gasteiger partial charge in [-0.3, -0.25) is 9.78 Å². The molecule has 1 N–H and O–H groups in total. The molecule has 6 heteroatoms. The highest BCUT2D eigenvalue weighted by Crippen LogP contribution is 2.33. The lowest BCUT2D eigenvalue weighted by atomic mass is 10.1. The largest absolute Gasteiger partial charge is 0.495 e. The van der Waals surface area contributed by atoms with Crippen molar-refractivity contribution in [1.82, 2.24) is 9.88 Å². The topological polar surface area (TPSA) is 54.5 Å². The van der Waals surface area contributed by atoms with Gasteiger partial charge >= 0.3 is 0 Å². The van der Waals surface area contributed by atoms with Crippen molar-refractivity contribution in [2.75, 3.05) is 19.5 Å². The highest BCUT2D eigenvalue weighted by molar-refractivity contribution is 6.31. The maximum atomic E-state index is 12.8. The summed E-state index contributed by atoms with van der Waals surface area (Å²) in [6, 6.07) is 15.3. The number of halogens is 1. The number of nitrogens with zero attached hydrogens (tertiary/aromatic N) is 2. The molecule has 3 aromatic rings. The van der Waals surface area contributed by atoms with Gasteiger partial charge in [0, 0.05) is 30.9 Å². The molecular weight excluding hydrogens is 374 g/mol. The molecule has 0 saturated heterocycles. The highest BCUT2D eigenvalue weighted by atomic mass is 35.5. The van der Waals surface area contributed by atoms with E-state index in [4.69, 9.17) is 16.3 Å². The Morgan fingerprint density at radius 2 is 1.93 bits per heavy atom. The zero-order valence-electron chi connectivity index (χ0n) is 16.1. The van der Waals surface area contributed by atoms with E-state index in [1.54, 1.807) is 43.6 Å². The van der Waals surface area contributed by atoms with E-state index in [-0.39, 0.29) is 5.91 Å². The third-order valence-corrected chi connectivity index (χ3v) is 4.76.